The minimum atomic E-state index is -1.08. The Balaban J connectivity index is 2.21. The van der Waals surface area contributed by atoms with Gasteiger partial charge in [0.25, 0.3) is 5.56 Å². The molecule has 0 spiro atoms. The van der Waals surface area contributed by atoms with E-state index in [-0.39, 0.29) is 5.56 Å². The van der Waals surface area contributed by atoms with Gasteiger partial charge < -0.3 is 5.11 Å². The number of aliphatic carboxylic acids is 1. The maximum atomic E-state index is 12.6. The smallest absolute Gasteiger partial charge is 0.331 e. The quantitative estimate of drug-likeness (QED) is 0.803. The van der Waals surface area contributed by atoms with Crippen LogP contribution in [0.4, 0.5) is 0 Å². The molecular formula is C16H14N2O3S. The Morgan fingerprint density at radius 3 is 2.73 bits per heavy atom. The van der Waals surface area contributed by atoms with Crippen molar-refractivity contribution in [2.75, 3.05) is 0 Å². The molecule has 0 saturated heterocycles. The summed E-state index contributed by atoms with van der Waals surface area (Å²) in [5.74, 6) is -1.08. The fraction of sp³-hybridized carbons (Fsp3) is 0.188. The molecule has 0 aliphatic carbocycles. The van der Waals surface area contributed by atoms with E-state index in [4.69, 9.17) is 0 Å². The topological polar surface area (TPSA) is 72.2 Å². The van der Waals surface area contributed by atoms with Crippen molar-refractivity contribution in [2.45, 2.75) is 19.4 Å². The summed E-state index contributed by atoms with van der Waals surface area (Å²) in [6.07, 6.45) is 2.15. The van der Waals surface area contributed by atoms with Crippen molar-refractivity contribution in [1.82, 2.24) is 9.55 Å². The van der Waals surface area contributed by atoms with Crippen molar-refractivity contribution in [2.24, 2.45) is 0 Å². The number of thiophene rings is 1. The van der Waals surface area contributed by atoms with Crippen LogP contribution in [-0.2, 0) is 11.2 Å². The van der Waals surface area contributed by atoms with Gasteiger partial charge >= 0.3 is 5.97 Å². The van der Waals surface area contributed by atoms with E-state index in [1.165, 1.54) is 22.2 Å². The first-order chi connectivity index (χ1) is 10.6. The number of aromatic nitrogens is 2. The third-order valence-electron chi connectivity index (χ3n) is 3.50. The molecule has 0 saturated carbocycles. The highest BCUT2D eigenvalue weighted by molar-refractivity contribution is 7.18. The second-order valence-electron chi connectivity index (χ2n) is 4.89. The molecule has 0 aliphatic heterocycles. The standard InChI is InChI=1S/C16H14N2O3S/c1-2-11-8-12-14(22-11)17-9-18(15(12)19)13(16(20)21)10-6-4-3-5-7-10/h3-9,13H,2H2,1H3,(H,20,21). The molecule has 3 rings (SSSR count). The summed E-state index contributed by atoms with van der Waals surface area (Å²) < 4.78 is 1.19. The van der Waals surface area contributed by atoms with Crippen molar-refractivity contribution >= 4 is 27.5 Å². The number of hydrogen-bond donors (Lipinski definition) is 1. The van der Waals surface area contributed by atoms with E-state index in [9.17, 15) is 14.7 Å². The van der Waals surface area contributed by atoms with Gasteiger partial charge in [0.05, 0.1) is 5.39 Å². The number of rotatable bonds is 4. The summed E-state index contributed by atoms with van der Waals surface area (Å²) in [5.41, 5.74) is 0.224. The molecule has 3 aromatic rings. The number of benzene rings is 1. The molecule has 5 nitrogen and oxygen atoms in total. The third kappa shape index (κ3) is 2.42. The average Bonchev–Trinajstić information content (AvgIpc) is 2.95. The van der Waals surface area contributed by atoms with E-state index in [0.717, 1.165) is 11.3 Å². The lowest BCUT2D eigenvalue weighted by Gasteiger charge is -2.15. The van der Waals surface area contributed by atoms with Crippen LogP contribution in [0.2, 0.25) is 0 Å². The lowest BCUT2D eigenvalue weighted by Crippen LogP contribution is -2.30. The lowest BCUT2D eigenvalue weighted by molar-refractivity contribution is -0.139. The Morgan fingerprint density at radius 2 is 2.09 bits per heavy atom. The fourth-order valence-corrected chi connectivity index (χ4v) is 3.33. The molecule has 2 heterocycles. The zero-order valence-corrected chi connectivity index (χ0v) is 12.7. The van der Waals surface area contributed by atoms with E-state index in [2.05, 4.69) is 4.98 Å². The van der Waals surface area contributed by atoms with Gasteiger partial charge in [0.15, 0.2) is 6.04 Å². The molecule has 0 radical (unpaired) electrons. The molecule has 1 N–H and O–H groups in total. The molecule has 6 heteroatoms. The highest BCUT2D eigenvalue weighted by atomic mass is 32.1. The second kappa shape index (κ2) is 5.73. The predicted octanol–water partition coefficient (Wildman–Crippen LogP) is 2.69. The Kier molecular flexibility index (Phi) is 3.77. The molecule has 0 aliphatic rings. The van der Waals surface area contributed by atoms with E-state index >= 15 is 0 Å². The van der Waals surface area contributed by atoms with Crippen LogP contribution in [0.25, 0.3) is 10.2 Å². The van der Waals surface area contributed by atoms with Crippen LogP contribution >= 0.6 is 11.3 Å². The normalized spacial score (nSPS) is 12.4. The van der Waals surface area contributed by atoms with E-state index in [0.29, 0.717) is 15.8 Å². The second-order valence-corrected chi connectivity index (χ2v) is 6.01. The molecule has 1 aromatic carbocycles. The van der Waals surface area contributed by atoms with Gasteiger partial charge in [-0.1, -0.05) is 37.3 Å². The highest BCUT2D eigenvalue weighted by Gasteiger charge is 2.24. The van der Waals surface area contributed by atoms with Gasteiger partial charge in [0, 0.05) is 4.88 Å². The fourth-order valence-electron chi connectivity index (χ4n) is 2.40. The molecule has 1 atom stereocenters. The van der Waals surface area contributed by atoms with Crippen molar-refractivity contribution in [3.8, 4) is 0 Å². The first kappa shape index (κ1) is 14.5. The molecule has 22 heavy (non-hydrogen) atoms. The first-order valence-corrected chi connectivity index (χ1v) is 7.70. The Bertz CT molecular complexity index is 883. The van der Waals surface area contributed by atoms with Gasteiger partial charge in [-0.25, -0.2) is 9.78 Å². The maximum Gasteiger partial charge on any atom is 0.331 e. The summed E-state index contributed by atoms with van der Waals surface area (Å²) >= 11 is 1.46. The number of fused-ring (bicyclic) bond motifs is 1. The number of carboxylic acids is 1. The highest BCUT2D eigenvalue weighted by Crippen LogP contribution is 2.23. The minimum absolute atomic E-state index is 0.322. The third-order valence-corrected chi connectivity index (χ3v) is 4.69. The van der Waals surface area contributed by atoms with Gasteiger partial charge in [0.1, 0.15) is 11.2 Å². The summed E-state index contributed by atoms with van der Waals surface area (Å²) in [6, 6.07) is 9.43. The van der Waals surface area contributed by atoms with E-state index < -0.39 is 12.0 Å². The van der Waals surface area contributed by atoms with E-state index in [1.807, 2.05) is 6.92 Å². The number of aryl methyl sites for hydroxylation is 1. The van der Waals surface area contributed by atoms with Gasteiger partial charge in [-0.15, -0.1) is 11.3 Å². The van der Waals surface area contributed by atoms with Crippen molar-refractivity contribution < 1.29 is 9.90 Å². The van der Waals surface area contributed by atoms with Crippen LogP contribution < -0.4 is 5.56 Å². The van der Waals surface area contributed by atoms with Crippen LogP contribution in [0, 0.1) is 0 Å². The zero-order chi connectivity index (χ0) is 15.7. The number of carboxylic acid groups (broad SMARTS) is 1. The van der Waals surface area contributed by atoms with Crippen molar-refractivity contribution in [1.29, 1.82) is 0 Å². The maximum absolute atomic E-state index is 12.6. The zero-order valence-electron chi connectivity index (χ0n) is 11.9. The van der Waals surface area contributed by atoms with Gasteiger partial charge in [-0.2, -0.15) is 0 Å². The lowest BCUT2D eigenvalue weighted by atomic mass is 10.1. The molecule has 1 unspecified atom stereocenters. The SMILES string of the molecule is CCc1cc2c(=O)n(C(C(=O)O)c3ccccc3)cnc2s1. The Morgan fingerprint density at radius 1 is 1.36 bits per heavy atom. The Labute approximate surface area is 130 Å². The average molecular weight is 314 g/mol. The summed E-state index contributed by atoms with van der Waals surface area (Å²) in [4.78, 5) is 30.3. The monoisotopic (exact) mass is 314 g/mol. The minimum Gasteiger partial charge on any atom is -0.479 e. The summed E-state index contributed by atoms with van der Waals surface area (Å²) in [7, 11) is 0. The Hall–Kier alpha value is -2.47. The van der Waals surface area contributed by atoms with Gasteiger partial charge in [-0.05, 0) is 18.1 Å². The van der Waals surface area contributed by atoms with Crippen LogP contribution in [0.3, 0.4) is 0 Å². The number of nitrogens with zero attached hydrogens (tertiary/aromatic N) is 2. The predicted molar refractivity (Wildman–Crippen MR) is 85.5 cm³/mol. The molecule has 0 bridgehead atoms. The van der Waals surface area contributed by atoms with Gasteiger partial charge in [-0.3, -0.25) is 9.36 Å². The molecule has 112 valence electrons. The number of carbonyl (C=O) groups is 1. The van der Waals surface area contributed by atoms with Crippen LogP contribution in [-0.4, -0.2) is 20.6 Å². The largest absolute Gasteiger partial charge is 0.479 e. The van der Waals surface area contributed by atoms with Crippen LogP contribution in [0.15, 0.2) is 47.5 Å². The molecule has 2 aromatic heterocycles. The van der Waals surface area contributed by atoms with E-state index in [1.54, 1.807) is 36.4 Å². The van der Waals surface area contributed by atoms with Crippen LogP contribution in [0.5, 0.6) is 0 Å². The first-order valence-electron chi connectivity index (χ1n) is 6.89. The molecule has 0 amide bonds. The number of hydrogen-bond acceptors (Lipinski definition) is 4. The summed E-state index contributed by atoms with van der Waals surface area (Å²) in [5, 5.41) is 10.0. The van der Waals surface area contributed by atoms with Crippen molar-refractivity contribution in [3.63, 3.8) is 0 Å². The summed E-state index contributed by atoms with van der Waals surface area (Å²) in [6.45, 7) is 2.01. The van der Waals surface area contributed by atoms with Crippen LogP contribution in [0.1, 0.15) is 23.4 Å². The molecule has 0 fully saturated rings. The molecular weight excluding hydrogens is 300 g/mol. The van der Waals surface area contributed by atoms with Crippen molar-refractivity contribution in [3.05, 3.63) is 63.5 Å². The van der Waals surface area contributed by atoms with Gasteiger partial charge in [0.2, 0.25) is 0 Å².